The van der Waals surface area contributed by atoms with Crippen LogP contribution in [0.4, 0.5) is 4.79 Å². The van der Waals surface area contributed by atoms with Crippen molar-refractivity contribution in [1.29, 1.82) is 0 Å². The Hall–Kier alpha value is -1.30. The van der Waals surface area contributed by atoms with Crippen LogP contribution in [0.25, 0.3) is 0 Å². The number of hydrogen-bond donors (Lipinski definition) is 0. The van der Waals surface area contributed by atoms with Crippen LogP contribution < -0.4 is 0 Å². The number of ether oxygens (including phenoxy) is 1. The summed E-state index contributed by atoms with van der Waals surface area (Å²) in [5.41, 5.74) is -0.659. The molecule has 0 radical (unpaired) electrons. The van der Waals surface area contributed by atoms with Crippen molar-refractivity contribution in [2.75, 3.05) is 0 Å². The molecule has 1 heterocycles. The molecule has 0 saturated heterocycles. The van der Waals surface area contributed by atoms with Gasteiger partial charge in [-0.2, -0.15) is 0 Å². The van der Waals surface area contributed by atoms with Crippen molar-refractivity contribution < 1.29 is 19.1 Å². The van der Waals surface area contributed by atoms with E-state index in [1.807, 2.05) is 0 Å². The number of nitrogens with zero attached hydrogens (tertiary/aromatic N) is 1. The van der Waals surface area contributed by atoms with Gasteiger partial charge in [-0.15, -0.1) is 0 Å². The van der Waals surface area contributed by atoms with Crippen LogP contribution in [0.15, 0.2) is 11.0 Å². The maximum atomic E-state index is 11.9. The van der Waals surface area contributed by atoms with Crippen LogP contribution in [0.3, 0.4) is 0 Å². The second-order valence-corrected chi connectivity index (χ2v) is 6.26. The van der Waals surface area contributed by atoms with Crippen molar-refractivity contribution in [2.24, 2.45) is 0 Å². The van der Waals surface area contributed by atoms with Gasteiger partial charge >= 0.3 is 6.09 Å². The minimum Gasteiger partial charge on any atom is -0.443 e. The molecule has 0 aromatic carbocycles. The van der Waals surface area contributed by atoms with Crippen molar-refractivity contribution in [3.63, 3.8) is 0 Å². The molecular weight excluding hydrogens is 254 g/mol. The molecule has 1 aliphatic heterocycles. The Balaban J connectivity index is 2.80. The number of carbonyl (C=O) groups excluding carboxylic acids is 3. The zero-order valence-corrected chi connectivity index (χ0v) is 12.0. The molecule has 0 unspecified atom stereocenters. The maximum Gasteiger partial charge on any atom is 0.417 e. The van der Waals surface area contributed by atoms with Gasteiger partial charge in [-0.05, 0) is 27.7 Å². The summed E-state index contributed by atoms with van der Waals surface area (Å²) in [6, 6.07) is -0.457. The van der Waals surface area contributed by atoms with E-state index >= 15 is 0 Å². The largest absolute Gasteiger partial charge is 0.443 e. The minimum atomic E-state index is -0.685. The van der Waals surface area contributed by atoms with E-state index in [9.17, 15) is 14.4 Å². The fourth-order valence-electron chi connectivity index (χ4n) is 1.47. The maximum absolute atomic E-state index is 11.9. The number of amides is 2. The molecule has 1 atom stereocenters. The number of carbonyl (C=O) groups is 3. The Bertz CT molecular complexity index is 422. The number of thioether (sulfide) groups is 1. The van der Waals surface area contributed by atoms with Crippen molar-refractivity contribution in [3.05, 3.63) is 11.0 Å². The monoisotopic (exact) mass is 271 g/mol. The van der Waals surface area contributed by atoms with Crippen LogP contribution in [-0.4, -0.2) is 33.7 Å². The predicted molar refractivity (Wildman–Crippen MR) is 68.9 cm³/mol. The molecule has 0 spiro atoms. The zero-order chi connectivity index (χ0) is 14.1. The van der Waals surface area contributed by atoms with Crippen molar-refractivity contribution in [1.82, 2.24) is 4.90 Å². The van der Waals surface area contributed by atoms with Gasteiger partial charge < -0.3 is 4.74 Å². The molecule has 0 N–H and O–H groups in total. The average molecular weight is 271 g/mol. The molecular formula is C12H17NO4S. The SMILES string of the molecule is CC(=O)SC1=CC(=O)N(C(=O)OC(C)(C)C)[C@H]1C. The molecule has 2 amide bonds. The van der Waals surface area contributed by atoms with E-state index in [0.29, 0.717) is 4.91 Å². The van der Waals surface area contributed by atoms with Gasteiger partial charge in [0.25, 0.3) is 5.91 Å². The summed E-state index contributed by atoms with van der Waals surface area (Å²) < 4.78 is 5.15. The summed E-state index contributed by atoms with van der Waals surface area (Å²) in [6.07, 6.45) is 0.621. The molecule has 0 aromatic rings. The van der Waals surface area contributed by atoms with Gasteiger partial charge in [0.05, 0.1) is 6.04 Å². The molecule has 0 fully saturated rings. The fraction of sp³-hybridized carbons (Fsp3) is 0.583. The summed E-state index contributed by atoms with van der Waals surface area (Å²) in [5.74, 6) is -0.444. The fourth-order valence-corrected chi connectivity index (χ4v) is 2.24. The standard InChI is InChI=1S/C12H17NO4S/c1-7-9(18-8(2)14)6-10(15)13(7)11(16)17-12(3,4)5/h6-7H,1-5H3/t7-/m0/s1. The quantitative estimate of drug-likeness (QED) is 0.732. The highest BCUT2D eigenvalue weighted by molar-refractivity contribution is 8.16. The molecule has 1 rings (SSSR count). The second-order valence-electron chi connectivity index (χ2n) is 5.00. The lowest BCUT2D eigenvalue weighted by molar-refractivity contribution is -0.125. The number of rotatable bonds is 1. The van der Waals surface area contributed by atoms with Gasteiger partial charge in [-0.3, -0.25) is 9.59 Å². The Labute approximate surface area is 111 Å². The van der Waals surface area contributed by atoms with Gasteiger partial charge in [0, 0.05) is 17.9 Å². The first kappa shape index (κ1) is 14.8. The van der Waals surface area contributed by atoms with Crippen LogP contribution in [-0.2, 0) is 14.3 Å². The Morgan fingerprint density at radius 3 is 2.39 bits per heavy atom. The van der Waals surface area contributed by atoms with E-state index in [4.69, 9.17) is 4.74 Å². The normalized spacial score (nSPS) is 19.8. The molecule has 18 heavy (non-hydrogen) atoms. The van der Waals surface area contributed by atoms with Gasteiger partial charge in [0.1, 0.15) is 5.60 Å². The molecule has 0 aliphatic carbocycles. The van der Waals surface area contributed by atoms with Gasteiger partial charge in [0.15, 0.2) is 5.12 Å². The molecule has 100 valence electrons. The second kappa shape index (κ2) is 5.14. The topological polar surface area (TPSA) is 63.7 Å². The lowest BCUT2D eigenvalue weighted by atomic mass is 10.2. The van der Waals surface area contributed by atoms with Crippen molar-refractivity contribution >= 4 is 28.9 Å². The Morgan fingerprint density at radius 2 is 1.94 bits per heavy atom. The van der Waals surface area contributed by atoms with Crippen LogP contribution in [0.2, 0.25) is 0 Å². The van der Waals surface area contributed by atoms with E-state index in [1.54, 1.807) is 27.7 Å². The lowest BCUT2D eigenvalue weighted by Gasteiger charge is -2.26. The van der Waals surface area contributed by atoms with E-state index in [0.717, 1.165) is 16.7 Å². The van der Waals surface area contributed by atoms with Crippen LogP contribution in [0.1, 0.15) is 34.6 Å². The summed E-state index contributed by atoms with van der Waals surface area (Å²) in [7, 11) is 0. The van der Waals surface area contributed by atoms with Crippen molar-refractivity contribution in [3.8, 4) is 0 Å². The highest BCUT2D eigenvalue weighted by atomic mass is 32.2. The smallest absolute Gasteiger partial charge is 0.417 e. The predicted octanol–water partition coefficient (Wildman–Crippen LogP) is 2.32. The van der Waals surface area contributed by atoms with E-state index < -0.39 is 23.6 Å². The van der Waals surface area contributed by atoms with Gasteiger partial charge in [0.2, 0.25) is 0 Å². The van der Waals surface area contributed by atoms with E-state index in [-0.39, 0.29) is 5.12 Å². The first-order valence-corrected chi connectivity index (χ1v) is 6.39. The molecule has 0 bridgehead atoms. The first-order chi connectivity index (χ1) is 8.11. The summed E-state index contributed by atoms with van der Waals surface area (Å²) in [5, 5.41) is -0.119. The van der Waals surface area contributed by atoms with Gasteiger partial charge in [-0.1, -0.05) is 11.8 Å². The summed E-state index contributed by atoms with van der Waals surface area (Å²) in [6.45, 7) is 8.30. The third-order valence-electron chi connectivity index (χ3n) is 2.15. The van der Waals surface area contributed by atoms with E-state index in [1.165, 1.54) is 13.0 Å². The highest BCUT2D eigenvalue weighted by Crippen LogP contribution is 2.30. The first-order valence-electron chi connectivity index (χ1n) is 5.58. The lowest BCUT2D eigenvalue weighted by Crippen LogP contribution is -2.42. The molecule has 5 nitrogen and oxygen atoms in total. The van der Waals surface area contributed by atoms with E-state index in [2.05, 4.69) is 0 Å². The number of hydrogen-bond acceptors (Lipinski definition) is 5. The third-order valence-corrected chi connectivity index (χ3v) is 3.14. The van der Waals surface area contributed by atoms with Gasteiger partial charge in [-0.25, -0.2) is 9.69 Å². The molecule has 1 aliphatic rings. The zero-order valence-electron chi connectivity index (χ0n) is 11.1. The Kier molecular flexibility index (Phi) is 4.21. The molecule has 0 saturated carbocycles. The summed E-state index contributed by atoms with van der Waals surface area (Å²) in [4.78, 5) is 36.2. The third kappa shape index (κ3) is 3.60. The molecule has 6 heteroatoms. The minimum absolute atomic E-state index is 0.119. The van der Waals surface area contributed by atoms with Crippen LogP contribution in [0, 0.1) is 0 Å². The van der Waals surface area contributed by atoms with Crippen LogP contribution >= 0.6 is 11.8 Å². The van der Waals surface area contributed by atoms with Crippen molar-refractivity contribution in [2.45, 2.75) is 46.3 Å². The Morgan fingerprint density at radius 1 is 1.39 bits per heavy atom. The van der Waals surface area contributed by atoms with Crippen LogP contribution in [0.5, 0.6) is 0 Å². The average Bonchev–Trinajstić information content (AvgIpc) is 2.37. The molecule has 0 aromatic heterocycles. The summed E-state index contributed by atoms with van der Waals surface area (Å²) >= 11 is 0.965. The number of imide groups is 1. The highest BCUT2D eigenvalue weighted by Gasteiger charge is 2.37.